The van der Waals surface area contributed by atoms with E-state index in [4.69, 9.17) is 33.5 Å². The SMILES string of the molecule is COc1ccc(C2=NN(C3CCN(C(=O)[C@@H](Cc4ccc(F)cc4)NC(=O)Oc4c[nH]c5c(-c6c(OCC7CC7)ccc7c6OCO7)ncnc45)CC3)C(=O)[C@@H]3CCCC[C@H]23)cc1OC. The molecule has 5 aliphatic rings. The lowest BCUT2D eigenvalue weighted by Crippen LogP contribution is -2.56. The van der Waals surface area contributed by atoms with Gasteiger partial charge >= 0.3 is 6.09 Å². The van der Waals surface area contributed by atoms with Crippen LogP contribution in [0.15, 0.2) is 72.2 Å². The maximum Gasteiger partial charge on any atom is 0.413 e. The number of nitrogens with zero attached hydrogens (tertiary/aromatic N) is 5. The number of hydrogen-bond acceptors (Lipinski definition) is 12. The van der Waals surface area contributed by atoms with Crippen LogP contribution in [0, 0.1) is 23.6 Å². The summed E-state index contributed by atoms with van der Waals surface area (Å²) in [7, 11) is 3.19. The molecule has 3 atom stereocenters. The van der Waals surface area contributed by atoms with Gasteiger partial charge in [0.05, 0.1) is 43.7 Å². The van der Waals surface area contributed by atoms with Crippen molar-refractivity contribution in [2.75, 3.05) is 40.7 Å². The van der Waals surface area contributed by atoms with Gasteiger partial charge < -0.3 is 43.6 Å². The number of aromatic amines is 1. The van der Waals surface area contributed by atoms with Gasteiger partial charge in [-0.1, -0.05) is 25.0 Å². The van der Waals surface area contributed by atoms with E-state index in [-0.39, 0.29) is 48.7 Å². The van der Waals surface area contributed by atoms with Gasteiger partial charge in [0, 0.05) is 43.1 Å². The quantitative estimate of drug-likeness (QED) is 0.124. The molecule has 5 heterocycles. The Labute approximate surface area is 374 Å². The summed E-state index contributed by atoms with van der Waals surface area (Å²) in [4.78, 5) is 56.2. The van der Waals surface area contributed by atoms with Crippen molar-refractivity contribution in [3.8, 4) is 45.8 Å². The molecule has 3 aliphatic heterocycles. The van der Waals surface area contributed by atoms with Crippen molar-refractivity contribution in [3.63, 3.8) is 0 Å². The molecule has 1 saturated heterocycles. The molecule has 3 aromatic carbocycles. The maximum atomic E-state index is 14.4. The Morgan fingerprint density at radius 1 is 0.892 bits per heavy atom. The molecule has 338 valence electrons. The predicted octanol–water partition coefficient (Wildman–Crippen LogP) is 7.04. The highest BCUT2D eigenvalue weighted by Crippen LogP contribution is 2.49. The van der Waals surface area contributed by atoms with Gasteiger partial charge in [0.1, 0.15) is 35.1 Å². The highest BCUT2D eigenvalue weighted by Gasteiger charge is 2.44. The number of hydrazone groups is 1. The minimum atomic E-state index is -1.07. The van der Waals surface area contributed by atoms with Crippen molar-refractivity contribution in [1.29, 1.82) is 0 Å². The standard InChI is InChI=1S/C48H50FN7O9/c1-60-35-14-11-29(22-38(35)61-2)41-32-5-3-4-6-33(32)46(57)56(54-41)31-17-19-55(20-18-31)47(58)34(21-27-9-12-30(49)13-10-27)53-48(59)65-39-23-50-44-42(39)51-25-52-43(44)40-36(62-24-28-7-8-28)15-16-37-45(40)64-26-63-37/h9-16,22-23,25,28,31-34,50H,3-8,17-21,24,26H2,1-2H3,(H,53,59)/t32-,33+,34+/m0/s1. The number of carbonyl (C=O) groups is 3. The number of rotatable bonds is 13. The molecule has 5 aromatic rings. The van der Waals surface area contributed by atoms with Gasteiger partial charge in [0.15, 0.2) is 28.7 Å². The summed E-state index contributed by atoms with van der Waals surface area (Å²) in [6.07, 6.45) is 8.94. The highest BCUT2D eigenvalue weighted by molar-refractivity contribution is 6.07. The zero-order valence-corrected chi connectivity index (χ0v) is 36.2. The number of fused-ring (bicyclic) bond motifs is 3. The van der Waals surface area contributed by atoms with Crippen molar-refractivity contribution in [2.45, 2.75) is 69.9 Å². The molecule has 0 radical (unpaired) electrons. The van der Waals surface area contributed by atoms with Crippen LogP contribution in [0.4, 0.5) is 9.18 Å². The first-order valence-corrected chi connectivity index (χ1v) is 22.3. The third-order valence-corrected chi connectivity index (χ3v) is 13.2. The van der Waals surface area contributed by atoms with Crippen LogP contribution >= 0.6 is 0 Å². The number of amides is 3. The Hall–Kier alpha value is -6.91. The van der Waals surface area contributed by atoms with Crippen LogP contribution in [0.2, 0.25) is 0 Å². The van der Waals surface area contributed by atoms with Gasteiger partial charge in [-0.25, -0.2) is 24.2 Å². The zero-order chi connectivity index (χ0) is 44.6. The molecule has 2 N–H and O–H groups in total. The minimum absolute atomic E-state index is 0.00215. The number of nitrogens with one attached hydrogen (secondary N) is 2. The van der Waals surface area contributed by atoms with E-state index in [1.165, 1.54) is 24.7 Å². The second-order valence-corrected chi connectivity index (χ2v) is 17.2. The molecule has 0 unspecified atom stereocenters. The van der Waals surface area contributed by atoms with Crippen LogP contribution < -0.4 is 33.7 Å². The topological polar surface area (TPSA) is 179 Å². The van der Waals surface area contributed by atoms with Crippen molar-refractivity contribution in [1.82, 2.24) is 30.2 Å². The summed E-state index contributed by atoms with van der Waals surface area (Å²) >= 11 is 0. The molecule has 3 fully saturated rings. The molecular formula is C48H50FN7O9. The van der Waals surface area contributed by atoms with Crippen molar-refractivity contribution < 1.29 is 47.2 Å². The van der Waals surface area contributed by atoms with Crippen LogP contribution in [-0.2, 0) is 16.0 Å². The van der Waals surface area contributed by atoms with Crippen LogP contribution in [-0.4, -0.2) is 101 Å². The van der Waals surface area contributed by atoms with Crippen LogP contribution in [0.25, 0.3) is 22.3 Å². The van der Waals surface area contributed by atoms with Crippen molar-refractivity contribution in [3.05, 3.63) is 84.1 Å². The summed E-state index contributed by atoms with van der Waals surface area (Å²) in [5.41, 5.74) is 4.25. The number of carbonyl (C=O) groups excluding carboxylic acids is 3. The third kappa shape index (κ3) is 8.46. The molecular weight excluding hydrogens is 838 g/mol. The lowest BCUT2D eigenvalue weighted by Gasteiger charge is -2.43. The first-order chi connectivity index (χ1) is 31.8. The molecule has 10 rings (SSSR count). The zero-order valence-electron chi connectivity index (χ0n) is 36.2. The predicted molar refractivity (Wildman–Crippen MR) is 235 cm³/mol. The fourth-order valence-corrected chi connectivity index (χ4v) is 9.54. The highest BCUT2D eigenvalue weighted by atomic mass is 19.1. The lowest BCUT2D eigenvalue weighted by atomic mass is 9.73. The van der Waals surface area contributed by atoms with Crippen molar-refractivity contribution >= 4 is 34.7 Å². The molecule has 17 heteroatoms. The normalized spacial score (nSPS) is 19.9. The summed E-state index contributed by atoms with van der Waals surface area (Å²) < 4.78 is 48.7. The van der Waals surface area contributed by atoms with Gasteiger partial charge in [-0.05, 0) is 92.5 Å². The van der Waals surface area contributed by atoms with E-state index >= 15 is 0 Å². The molecule has 65 heavy (non-hydrogen) atoms. The molecule has 2 aliphatic carbocycles. The average Bonchev–Trinajstić information content (AvgIpc) is 3.89. The van der Waals surface area contributed by atoms with E-state index in [2.05, 4.69) is 20.3 Å². The van der Waals surface area contributed by atoms with E-state index in [0.717, 1.165) is 49.8 Å². The number of aromatic nitrogens is 3. The van der Waals surface area contributed by atoms with E-state index in [1.807, 2.05) is 24.3 Å². The van der Waals surface area contributed by atoms with Crippen LogP contribution in [0.5, 0.6) is 34.5 Å². The monoisotopic (exact) mass is 887 g/mol. The lowest BCUT2D eigenvalue weighted by molar-refractivity contribution is -0.143. The second kappa shape index (κ2) is 17.9. The maximum absolute atomic E-state index is 14.4. The third-order valence-electron chi connectivity index (χ3n) is 13.2. The van der Waals surface area contributed by atoms with Gasteiger partial charge in [-0.2, -0.15) is 5.10 Å². The Morgan fingerprint density at radius 3 is 2.43 bits per heavy atom. The fourth-order valence-electron chi connectivity index (χ4n) is 9.54. The molecule has 3 amide bonds. The van der Waals surface area contributed by atoms with E-state index in [1.54, 1.807) is 42.3 Å². The average molecular weight is 888 g/mol. The Kier molecular flexibility index (Phi) is 11.6. The van der Waals surface area contributed by atoms with E-state index in [0.29, 0.717) is 95.1 Å². The largest absolute Gasteiger partial charge is 0.493 e. The summed E-state index contributed by atoms with van der Waals surface area (Å²) in [6, 6.07) is 13.9. The van der Waals surface area contributed by atoms with E-state index in [9.17, 15) is 18.8 Å². The number of likely N-dealkylation sites (tertiary alicyclic amines) is 1. The number of halogens is 1. The van der Waals surface area contributed by atoms with Crippen LogP contribution in [0.3, 0.4) is 0 Å². The molecule has 16 nitrogen and oxygen atoms in total. The Bertz CT molecular complexity index is 2640. The molecule has 2 saturated carbocycles. The first-order valence-electron chi connectivity index (χ1n) is 22.3. The minimum Gasteiger partial charge on any atom is -0.493 e. The summed E-state index contributed by atoms with van der Waals surface area (Å²) in [5.74, 6) is 2.53. The molecule has 0 bridgehead atoms. The van der Waals surface area contributed by atoms with Crippen LogP contribution in [0.1, 0.15) is 62.5 Å². The molecule has 0 spiro atoms. The van der Waals surface area contributed by atoms with Gasteiger partial charge in [0.2, 0.25) is 18.6 Å². The number of methoxy groups -OCH3 is 2. The second-order valence-electron chi connectivity index (χ2n) is 17.2. The number of benzene rings is 3. The Morgan fingerprint density at radius 2 is 1.66 bits per heavy atom. The van der Waals surface area contributed by atoms with Crippen molar-refractivity contribution in [2.24, 2.45) is 22.9 Å². The smallest absolute Gasteiger partial charge is 0.413 e. The summed E-state index contributed by atoms with van der Waals surface area (Å²) in [5, 5.41) is 9.52. The fraction of sp³-hybridized carbons (Fsp3) is 0.417. The number of H-pyrrole nitrogens is 1. The molecule has 2 aromatic heterocycles. The number of ether oxygens (including phenoxy) is 6. The van der Waals surface area contributed by atoms with Gasteiger partial charge in [0.25, 0.3) is 0 Å². The summed E-state index contributed by atoms with van der Waals surface area (Å²) in [6.45, 7) is 1.26. The Balaban J connectivity index is 0.863. The number of hydrogen-bond donors (Lipinski definition) is 2. The van der Waals surface area contributed by atoms with Gasteiger partial charge in [-0.15, -0.1) is 0 Å². The van der Waals surface area contributed by atoms with E-state index < -0.39 is 18.0 Å². The first kappa shape index (κ1) is 42.1. The number of piperidine rings is 1. The van der Waals surface area contributed by atoms with Gasteiger partial charge in [-0.3, -0.25) is 9.59 Å².